The minimum atomic E-state index is -0.404. The quantitative estimate of drug-likeness (QED) is 0.395. The van der Waals surface area contributed by atoms with Gasteiger partial charge < -0.3 is 0 Å². The molecule has 0 spiro atoms. The van der Waals surface area contributed by atoms with Crippen LogP contribution in [-0.2, 0) is 14.4 Å². The topological polar surface area (TPSA) is 51.2 Å². The third-order valence-corrected chi connectivity index (χ3v) is 1.88. The van der Waals surface area contributed by atoms with E-state index in [0.717, 1.165) is 18.2 Å². The molecule has 0 aromatic heterocycles. The van der Waals surface area contributed by atoms with E-state index in [1.807, 2.05) is 0 Å². The Labute approximate surface area is 77.3 Å². The van der Waals surface area contributed by atoms with Crippen molar-refractivity contribution in [2.45, 2.75) is 0 Å². The van der Waals surface area contributed by atoms with Crippen LogP contribution in [-0.4, -0.2) is 22.7 Å². The number of carbonyl (C=O) groups excluding carboxylic acids is 3. The molecule has 4 heteroatoms. The van der Waals surface area contributed by atoms with Gasteiger partial charge >= 0.3 is 0 Å². The van der Waals surface area contributed by atoms with Gasteiger partial charge in [0.2, 0.25) is 0 Å². The maximum atomic E-state index is 11.0. The Morgan fingerprint density at radius 3 is 2.58 bits per heavy atom. The van der Waals surface area contributed by atoms with E-state index in [9.17, 15) is 14.4 Å². The average Bonchev–Trinajstić information content (AvgIpc) is 2.08. The molecule has 0 fully saturated rings. The minimum absolute atomic E-state index is 0.0422. The number of hydrogen-bond donors (Lipinski definition) is 0. The largest absolute Gasteiger partial charge is 0.293 e. The zero-order valence-corrected chi connectivity index (χ0v) is 7.63. The Morgan fingerprint density at radius 1 is 1.33 bits per heavy atom. The van der Waals surface area contributed by atoms with Gasteiger partial charge in [-0.1, -0.05) is 15.9 Å². The zero-order chi connectivity index (χ0) is 9.14. The molecule has 62 valence electrons. The average molecular weight is 229 g/mol. The highest BCUT2D eigenvalue weighted by molar-refractivity contribution is 9.09. The van der Waals surface area contributed by atoms with Crippen molar-refractivity contribution in [3.05, 3.63) is 23.8 Å². The van der Waals surface area contributed by atoms with Crippen LogP contribution < -0.4 is 0 Å². The predicted octanol–water partition coefficient (Wildman–Crippen LogP) is 0.585. The van der Waals surface area contributed by atoms with E-state index in [2.05, 4.69) is 15.9 Å². The molecule has 0 aromatic rings. The summed E-state index contributed by atoms with van der Waals surface area (Å²) in [7, 11) is 0. The fourth-order valence-corrected chi connectivity index (χ4v) is 1.10. The van der Waals surface area contributed by atoms with Crippen molar-refractivity contribution in [2.75, 3.05) is 5.33 Å². The molecule has 0 unspecified atom stereocenters. The van der Waals surface area contributed by atoms with Crippen LogP contribution in [0.4, 0.5) is 0 Å². The molecule has 1 aliphatic rings. The number of halogens is 1. The van der Waals surface area contributed by atoms with Crippen LogP contribution in [0.15, 0.2) is 23.8 Å². The number of hydrogen-bond acceptors (Lipinski definition) is 3. The van der Waals surface area contributed by atoms with Gasteiger partial charge in [0.05, 0.1) is 10.9 Å². The second kappa shape index (κ2) is 3.58. The van der Waals surface area contributed by atoms with Crippen molar-refractivity contribution in [2.24, 2.45) is 0 Å². The number of ketones is 3. The molecule has 0 saturated heterocycles. The van der Waals surface area contributed by atoms with E-state index >= 15 is 0 Å². The highest BCUT2D eigenvalue weighted by atomic mass is 79.9. The van der Waals surface area contributed by atoms with Crippen LogP contribution in [0, 0.1) is 0 Å². The van der Waals surface area contributed by atoms with Crippen LogP contribution >= 0.6 is 15.9 Å². The van der Waals surface area contributed by atoms with E-state index in [1.54, 1.807) is 0 Å². The summed E-state index contributed by atoms with van der Waals surface area (Å²) < 4.78 is 0. The van der Waals surface area contributed by atoms with Crippen LogP contribution in [0.5, 0.6) is 0 Å². The summed E-state index contributed by atoms with van der Waals surface area (Å²) in [6, 6.07) is 0. The fraction of sp³-hybridized carbons (Fsp3) is 0.125. The molecular formula is C8H5BrO3. The van der Waals surface area contributed by atoms with Crippen LogP contribution in [0.25, 0.3) is 0 Å². The third-order valence-electron chi connectivity index (χ3n) is 1.37. The van der Waals surface area contributed by atoms with E-state index in [-0.39, 0.29) is 22.5 Å². The maximum absolute atomic E-state index is 11.0. The number of allylic oxidation sites excluding steroid dienone is 4. The summed E-state index contributed by atoms with van der Waals surface area (Å²) in [5.41, 5.74) is -0.0422. The molecule has 3 nitrogen and oxygen atoms in total. The zero-order valence-electron chi connectivity index (χ0n) is 6.04. The molecule has 0 amide bonds. The molecule has 12 heavy (non-hydrogen) atoms. The second-order valence-electron chi connectivity index (χ2n) is 2.21. The SMILES string of the molecule is O=C1C=CC(=O)C(C(=O)CBr)=C1. The van der Waals surface area contributed by atoms with Gasteiger partial charge in [-0.15, -0.1) is 0 Å². The molecule has 0 aliphatic heterocycles. The Bertz CT molecular complexity index is 312. The van der Waals surface area contributed by atoms with Gasteiger partial charge in [-0.25, -0.2) is 0 Å². The lowest BCUT2D eigenvalue weighted by Crippen LogP contribution is -2.16. The fourth-order valence-electron chi connectivity index (χ4n) is 0.799. The summed E-state index contributed by atoms with van der Waals surface area (Å²) in [4.78, 5) is 32.7. The molecule has 0 atom stereocenters. The Morgan fingerprint density at radius 2 is 2.00 bits per heavy atom. The summed E-state index contributed by atoms with van der Waals surface area (Å²) >= 11 is 2.92. The lowest BCUT2D eigenvalue weighted by molar-refractivity contribution is -0.119. The van der Waals surface area contributed by atoms with E-state index in [4.69, 9.17) is 0 Å². The van der Waals surface area contributed by atoms with Crippen LogP contribution in [0.2, 0.25) is 0 Å². The van der Waals surface area contributed by atoms with Gasteiger partial charge in [0.25, 0.3) is 0 Å². The van der Waals surface area contributed by atoms with E-state index in [1.165, 1.54) is 0 Å². The lowest BCUT2D eigenvalue weighted by Gasteiger charge is -2.02. The van der Waals surface area contributed by atoms with Crippen molar-refractivity contribution < 1.29 is 14.4 Å². The number of Topliss-reactive ketones (excluding diaryl/α,β-unsaturated/α-hetero) is 1. The molecular weight excluding hydrogens is 224 g/mol. The van der Waals surface area contributed by atoms with Crippen molar-refractivity contribution in [1.29, 1.82) is 0 Å². The molecule has 0 heterocycles. The van der Waals surface area contributed by atoms with Gasteiger partial charge in [0, 0.05) is 6.08 Å². The summed E-state index contributed by atoms with van der Waals surface area (Å²) in [6.07, 6.45) is 3.32. The van der Waals surface area contributed by atoms with Crippen molar-refractivity contribution >= 4 is 33.3 Å². The number of alkyl halides is 1. The monoisotopic (exact) mass is 228 g/mol. The first-order chi connectivity index (χ1) is 5.65. The van der Waals surface area contributed by atoms with E-state index < -0.39 is 5.78 Å². The Balaban J connectivity index is 2.96. The highest BCUT2D eigenvalue weighted by Gasteiger charge is 2.18. The second-order valence-corrected chi connectivity index (χ2v) is 2.78. The molecule has 0 bridgehead atoms. The van der Waals surface area contributed by atoms with Gasteiger partial charge in [-0.2, -0.15) is 0 Å². The number of carbonyl (C=O) groups is 3. The van der Waals surface area contributed by atoms with Crippen LogP contribution in [0.1, 0.15) is 0 Å². The van der Waals surface area contributed by atoms with Gasteiger partial charge in [0.1, 0.15) is 0 Å². The van der Waals surface area contributed by atoms with Gasteiger partial charge in [-0.05, 0) is 12.2 Å². The van der Waals surface area contributed by atoms with Gasteiger partial charge in [-0.3, -0.25) is 14.4 Å². The predicted molar refractivity (Wildman–Crippen MR) is 46.0 cm³/mol. The maximum Gasteiger partial charge on any atom is 0.189 e. The molecule has 0 aromatic carbocycles. The van der Waals surface area contributed by atoms with Gasteiger partial charge in [0.15, 0.2) is 17.3 Å². The summed E-state index contributed by atoms with van der Waals surface area (Å²) in [6.45, 7) is 0. The van der Waals surface area contributed by atoms with E-state index in [0.29, 0.717) is 0 Å². The minimum Gasteiger partial charge on any atom is -0.293 e. The molecule has 1 rings (SSSR count). The lowest BCUT2D eigenvalue weighted by atomic mass is 10.0. The first-order valence-electron chi connectivity index (χ1n) is 3.22. The van der Waals surface area contributed by atoms with Crippen LogP contribution in [0.3, 0.4) is 0 Å². The highest BCUT2D eigenvalue weighted by Crippen LogP contribution is 2.07. The number of rotatable bonds is 2. The molecule has 0 radical (unpaired) electrons. The van der Waals surface area contributed by atoms with Crippen molar-refractivity contribution in [1.82, 2.24) is 0 Å². The molecule has 0 N–H and O–H groups in total. The Kier molecular flexibility index (Phi) is 2.70. The first-order valence-corrected chi connectivity index (χ1v) is 4.34. The normalized spacial score (nSPS) is 16.2. The summed E-state index contributed by atoms with van der Waals surface area (Å²) in [5, 5.41) is 0.0612. The third kappa shape index (κ3) is 1.76. The Hall–Kier alpha value is -1.03. The molecule has 1 aliphatic carbocycles. The molecule has 0 saturated carbocycles. The first kappa shape index (κ1) is 9.06. The summed E-state index contributed by atoms with van der Waals surface area (Å²) in [5.74, 6) is -1.09. The smallest absolute Gasteiger partial charge is 0.189 e. The standard InChI is InChI=1S/C8H5BrO3/c9-4-8(12)6-3-5(10)1-2-7(6)11/h1-3H,4H2. The van der Waals surface area contributed by atoms with Crippen molar-refractivity contribution in [3.8, 4) is 0 Å². The van der Waals surface area contributed by atoms with Crippen molar-refractivity contribution in [3.63, 3.8) is 0 Å².